The second kappa shape index (κ2) is 13.0. The molecular formula is C33H38FNO6. The van der Waals surface area contributed by atoms with Gasteiger partial charge in [0.25, 0.3) is 0 Å². The molecule has 0 heterocycles. The number of rotatable bonds is 9. The van der Waals surface area contributed by atoms with Gasteiger partial charge < -0.3 is 19.5 Å². The van der Waals surface area contributed by atoms with E-state index in [0.717, 1.165) is 0 Å². The van der Waals surface area contributed by atoms with Gasteiger partial charge in [0, 0.05) is 22.3 Å². The Labute approximate surface area is 241 Å². The summed E-state index contributed by atoms with van der Waals surface area (Å²) in [6, 6.07) is 16.4. The van der Waals surface area contributed by atoms with Crippen LogP contribution in [-0.2, 0) is 27.3 Å². The molecule has 0 spiro atoms. The number of esters is 1. The molecule has 7 nitrogen and oxygen atoms in total. The van der Waals surface area contributed by atoms with Crippen LogP contribution in [0.1, 0.15) is 81.6 Å². The van der Waals surface area contributed by atoms with Crippen LogP contribution in [0, 0.1) is 5.82 Å². The zero-order chi connectivity index (χ0) is 30.4. The smallest absolute Gasteiger partial charge is 0.408 e. The summed E-state index contributed by atoms with van der Waals surface area (Å²) in [7, 11) is 0. The van der Waals surface area contributed by atoms with Gasteiger partial charge in [-0.05, 0) is 83.9 Å². The maximum absolute atomic E-state index is 15.8. The van der Waals surface area contributed by atoms with Gasteiger partial charge in [0.1, 0.15) is 35.7 Å². The molecule has 1 atom stereocenters. The number of alkyl carbamates (subject to hydrolysis) is 1. The Balaban J connectivity index is 1.84. The van der Waals surface area contributed by atoms with Crippen LogP contribution in [-0.4, -0.2) is 29.6 Å². The van der Waals surface area contributed by atoms with E-state index in [4.69, 9.17) is 14.2 Å². The molecule has 8 heteroatoms. The van der Waals surface area contributed by atoms with Gasteiger partial charge in [0.15, 0.2) is 0 Å². The first-order chi connectivity index (χ1) is 19.1. The summed E-state index contributed by atoms with van der Waals surface area (Å²) in [5, 5.41) is 2.67. The number of benzene rings is 3. The standard InChI is InChI=1S/C33H38FNO6/c1-21(35-31(38)41-33(5,6)7)26-12-10-13-27(30(26)34)25-16-22(19-36)15-23(17-25)20-39-28-14-9-8-11-24(28)18-29(37)40-32(2,3)4/h8-17,19,21H,18,20H2,1-7H3,(H,35,38). The lowest BCUT2D eigenvalue weighted by Crippen LogP contribution is -2.34. The van der Waals surface area contributed by atoms with Crippen molar-refractivity contribution in [2.75, 3.05) is 0 Å². The molecule has 3 aromatic rings. The van der Waals surface area contributed by atoms with E-state index in [9.17, 15) is 14.4 Å². The van der Waals surface area contributed by atoms with Gasteiger partial charge in [-0.2, -0.15) is 0 Å². The van der Waals surface area contributed by atoms with Crippen molar-refractivity contribution in [3.63, 3.8) is 0 Å². The third-order valence-corrected chi connectivity index (χ3v) is 5.81. The van der Waals surface area contributed by atoms with Gasteiger partial charge in [-0.15, -0.1) is 0 Å². The van der Waals surface area contributed by atoms with Crippen LogP contribution >= 0.6 is 0 Å². The fraction of sp³-hybridized carbons (Fsp3) is 0.364. The topological polar surface area (TPSA) is 90.9 Å². The maximum Gasteiger partial charge on any atom is 0.408 e. The number of halogens is 1. The Hall–Kier alpha value is -4.20. The molecule has 0 aliphatic heterocycles. The molecule has 0 aromatic heterocycles. The Morgan fingerprint density at radius 2 is 1.61 bits per heavy atom. The third kappa shape index (κ3) is 9.45. The lowest BCUT2D eigenvalue weighted by atomic mass is 9.96. The summed E-state index contributed by atoms with van der Waals surface area (Å²) < 4.78 is 32.5. The molecule has 1 N–H and O–H groups in total. The van der Waals surface area contributed by atoms with Crippen molar-refractivity contribution in [1.29, 1.82) is 0 Å². The quantitative estimate of drug-likeness (QED) is 0.216. The van der Waals surface area contributed by atoms with Gasteiger partial charge in [-0.3, -0.25) is 9.59 Å². The average molecular weight is 564 g/mol. The van der Waals surface area contributed by atoms with Gasteiger partial charge in [-0.25, -0.2) is 9.18 Å². The van der Waals surface area contributed by atoms with E-state index < -0.39 is 29.2 Å². The number of carbonyl (C=O) groups is 3. The highest BCUT2D eigenvalue weighted by atomic mass is 19.1. The van der Waals surface area contributed by atoms with Gasteiger partial charge in [0.05, 0.1) is 12.5 Å². The number of para-hydroxylation sites is 1. The maximum atomic E-state index is 15.8. The SMILES string of the molecule is CC(NC(=O)OC(C)(C)C)c1cccc(-c2cc(C=O)cc(COc3ccccc3CC(=O)OC(C)(C)C)c2)c1F. The molecule has 1 amide bonds. The summed E-state index contributed by atoms with van der Waals surface area (Å²) in [5.41, 5.74) is 1.41. The highest BCUT2D eigenvalue weighted by Crippen LogP contribution is 2.30. The summed E-state index contributed by atoms with van der Waals surface area (Å²) in [4.78, 5) is 36.4. The minimum Gasteiger partial charge on any atom is -0.489 e. The number of nitrogens with one attached hydrogen (secondary N) is 1. The molecular weight excluding hydrogens is 525 g/mol. The zero-order valence-corrected chi connectivity index (χ0v) is 24.7. The van der Waals surface area contributed by atoms with Crippen LogP contribution in [0.3, 0.4) is 0 Å². The van der Waals surface area contributed by atoms with E-state index in [-0.39, 0.29) is 30.1 Å². The number of ether oxygens (including phenoxy) is 3. The Morgan fingerprint density at radius 1 is 0.927 bits per heavy atom. The van der Waals surface area contributed by atoms with Crippen LogP contribution in [0.25, 0.3) is 11.1 Å². The van der Waals surface area contributed by atoms with Crippen molar-refractivity contribution in [3.05, 3.63) is 88.7 Å². The fourth-order valence-corrected chi connectivity index (χ4v) is 4.18. The number of hydrogen-bond donors (Lipinski definition) is 1. The summed E-state index contributed by atoms with van der Waals surface area (Å²) >= 11 is 0. The largest absolute Gasteiger partial charge is 0.489 e. The second-order valence-corrected chi connectivity index (χ2v) is 11.8. The predicted octanol–water partition coefficient (Wildman–Crippen LogP) is 7.35. The van der Waals surface area contributed by atoms with Gasteiger partial charge in [-0.1, -0.05) is 36.4 Å². The first-order valence-corrected chi connectivity index (χ1v) is 13.4. The van der Waals surface area contributed by atoms with Crippen LogP contribution in [0.15, 0.2) is 60.7 Å². The zero-order valence-electron chi connectivity index (χ0n) is 24.7. The number of hydrogen-bond acceptors (Lipinski definition) is 6. The molecule has 0 fully saturated rings. The lowest BCUT2D eigenvalue weighted by Gasteiger charge is -2.22. The van der Waals surface area contributed by atoms with Crippen molar-refractivity contribution in [1.82, 2.24) is 5.32 Å². The van der Waals surface area contributed by atoms with Crippen molar-refractivity contribution >= 4 is 18.3 Å². The first kappa shape index (κ1) is 31.3. The molecule has 0 saturated heterocycles. The van der Waals surface area contributed by atoms with E-state index in [1.807, 2.05) is 26.8 Å². The summed E-state index contributed by atoms with van der Waals surface area (Å²) in [6.45, 7) is 12.4. The molecule has 1 unspecified atom stereocenters. The van der Waals surface area contributed by atoms with Crippen molar-refractivity contribution in [3.8, 4) is 16.9 Å². The molecule has 41 heavy (non-hydrogen) atoms. The first-order valence-electron chi connectivity index (χ1n) is 13.4. The van der Waals surface area contributed by atoms with Crippen LogP contribution in [0.4, 0.5) is 9.18 Å². The van der Waals surface area contributed by atoms with E-state index >= 15 is 4.39 Å². The highest BCUT2D eigenvalue weighted by Gasteiger charge is 2.22. The Morgan fingerprint density at radius 3 is 2.27 bits per heavy atom. The Bertz CT molecular complexity index is 1400. The van der Waals surface area contributed by atoms with E-state index in [0.29, 0.717) is 34.3 Å². The van der Waals surface area contributed by atoms with E-state index in [2.05, 4.69) is 5.32 Å². The van der Waals surface area contributed by atoms with Crippen LogP contribution in [0.5, 0.6) is 5.75 Å². The van der Waals surface area contributed by atoms with Crippen molar-refractivity contribution < 1.29 is 33.0 Å². The van der Waals surface area contributed by atoms with Crippen LogP contribution in [0.2, 0.25) is 0 Å². The average Bonchev–Trinajstić information content (AvgIpc) is 2.85. The number of carbonyl (C=O) groups excluding carboxylic acids is 3. The molecule has 0 bridgehead atoms. The number of aldehydes is 1. The van der Waals surface area contributed by atoms with Crippen LogP contribution < -0.4 is 10.1 Å². The summed E-state index contributed by atoms with van der Waals surface area (Å²) in [6.07, 6.45) is 0.0857. The van der Waals surface area contributed by atoms with Crippen molar-refractivity contribution in [2.45, 2.75) is 78.7 Å². The fourth-order valence-electron chi connectivity index (χ4n) is 4.18. The second-order valence-electron chi connectivity index (χ2n) is 11.8. The molecule has 0 radical (unpaired) electrons. The molecule has 0 aliphatic rings. The third-order valence-electron chi connectivity index (χ3n) is 5.81. The highest BCUT2D eigenvalue weighted by molar-refractivity contribution is 5.80. The number of amides is 1. The lowest BCUT2D eigenvalue weighted by molar-refractivity contribution is -0.153. The molecule has 0 aliphatic carbocycles. The minimum absolute atomic E-state index is 0.0423. The van der Waals surface area contributed by atoms with E-state index in [1.165, 1.54) is 0 Å². The van der Waals surface area contributed by atoms with Gasteiger partial charge >= 0.3 is 12.1 Å². The monoisotopic (exact) mass is 563 g/mol. The minimum atomic E-state index is -0.686. The predicted molar refractivity (Wildman–Crippen MR) is 155 cm³/mol. The van der Waals surface area contributed by atoms with Crippen molar-refractivity contribution in [2.24, 2.45) is 0 Å². The van der Waals surface area contributed by atoms with Gasteiger partial charge in [0.2, 0.25) is 0 Å². The Kier molecular flexibility index (Phi) is 9.92. The molecule has 218 valence electrons. The molecule has 3 aromatic carbocycles. The summed E-state index contributed by atoms with van der Waals surface area (Å²) in [5.74, 6) is -0.384. The normalized spacial score (nSPS) is 12.3. The molecule has 3 rings (SSSR count). The van der Waals surface area contributed by atoms with E-state index in [1.54, 1.807) is 82.3 Å². The molecule has 0 saturated carbocycles.